The minimum atomic E-state index is -4.41. The molecule has 1 aliphatic heterocycles. The van der Waals surface area contributed by atoms with Crippen LogP contribution in [0.2, 0.25) is 0 Å². The number of nitrogens with one attached hydrogen (secondary N) is 1. The van der Waals surface area contributed by atoms with Gasteiger partial charge in [-0.05, 0) is 64.9 Å². The molecule has 1 heterocycles. The average Bonchev–Trinajstić information content (AvgIpc) is 2.72. The van der Waals surface area contributed by atoms with Gasteiger partial charge in [0.05, 0.1) is 11.1 Å². The molecule has 3 N–H and O–H groups in total. The van der Waals surface area contributed by atoms with Crippen molar-refractivity contribution in [1.29, 1.82) is 0 Å². The Hall–Kier alpha value is -3.28. The second-order valence-electron chi connectivity index (χ2n) is 7.07. The summed E-state index contributed by atoms with van der Waals surface area (Å²) in [5.41, 5.74) is 10.1. The molecule has 3 nitrogen and oxygen atoms in total. The van der Waals surface area contributed by atoms with Crippen LogP contribution >= 0.6 is 0 Å². The van der Waals surface area contributed by atoms with E-state index in [1.807, 2.05) is 24.3 Å². The third-order valence-corrected chi connectivity index (χ3v) is 5.19. The summed E-state index contributed by atoms with van der Waals surface area (Å²) in [6, 6.07) is 16.0. The van der Waals surface area contributed by atoms with Crippen LogP contribution in [0.1, 0.15) is 27.9 Å². The Labute approximate surface area is 166 Å². The van der Waals surface area contributed by atoms with Crippen LogP contribution in [-0.2, 0) is 12.6 Å². The van der Waals surface area contributed by atoms with Crippen molar-refractivity contribution in [3.05, 3.63) is 77.4 Å². The summed E-state index contributed by atoms with van der Waals surface area (Å²) < 4.78 is 38.6. The van der Waals surface area contributed by atoms with Gasteiger partial charge in [-0.1, -0.05) is 36.4 Å². The van der Waals surface area contributed by atoms with Gasteiger partial charge in [-0.2, -0.15) is 13.2 Å². The molecular formula is C23H19F3N2O. The number of carbonyl (C=O) groups is 1. The summed E-state index contributed by atoms with van der Waals surface area (Å²) in [6.07, 6.45) is -2.44. The van der Waals surface area contributed by atoms with Gasteiger partial charge in [-0.15, -0.1) is 0 Å². The first-order valence-corrected chi connectivity index (χ1v) is 9.32. The molecule has 0 spiro atoms. The van der Waals surface area contributed by atoms with Crippen molar-refractivity contribution < 1.29 is 18.0 Å². The zero-order valence-electron chi connectivity index (χ0n) is 15.5. The molecule has 0 fully saturated rings. The van der Waals surface area contributed by atoms with E-state index in [-0.39, 0.29) is 0 Å². The molecular weight excluding hydrogens is 377 g/mol. The Morgan fingerprint density at radius 2 is 1.59 bits per heavy atom. The predicted molar refractivity (Wildman–Crippen MR) is 108 cm³/mol. The van der Waals surface area contributed by atoms with Crippen molar-refractivity contribution in [2.45, 2.75) is 19.0 Å². The lowest BCUT2D eigenvalue weighted by Gasteiger charge is -2.20. The Balaban J connectivity index is 1.82. The van der Waals surface area contributed by atoms with Crippen LogP contribution in [0.4, 0.5) is 18.9 Å². The first-order valence-electron chi connectivity index (χ1n) is 9.32. The lowest BCUT2D eigenvalue weighted by molar-refractivity contribution is -0.137. The van der Waals surface area contributed by atoms with Crippen molar-refractivity contribution in [3.8, 4) is 22.3 Å². The molecule has 0 aromatic heterocycles. The third kappa shape index (κ3) is 3.70. The van der Waals surface area contributed by atoms with Crippen LogP contribution in [0.25, 0.3) is 22.3 Å². The molecule has 148 valence electrons. The molecule has 3 aromatic carbocycles. The number of alkyl halides is 3. The van der Waals surface area contributed by atoms with Gasteiger partial charge in [0.25, 0.3) is 0 Å². The fourth-order valence-corrected chi connectivity index (χ4v) is 3.78. The highest BCUT2D eigenvalue weighted by molar-refractivity contribution is 6.06. The van der Waals surface area contributed by atoms with E-state index in [0.29, 0.717) is 22.3 Å². The normalized spacial score (nSPS) is 13.5. The second kappa shape index (κ2) is 7.28. The van der Waals surface area contributed by atoms with Crippen molar-refractivity contribution in [1.82, 2.24) is 0 Å². The number of aryl methyl sites for hydroxylation is 1. The maximum Gasteiger partial charge on any atom is 0.416 e. The second-order valence-corrected chi connectivity index (χ2v) is 7.07. The molecule has 29 heavy (non-hydrogen) atoms. The van der Waals surface area contributed by atoms with E-state index < -0.39 is 17.6 Å². The fourth-order valence-electron chi connectivity index (χ4n) is 3.78. The van der Waals surface area contributed by atoms with Gasteiger partial charge in [0.1, 0.15) is 0 Å². The number of halogens is 3. The minimum absolute atomic E-state index is 0.302. The third-order valence-electron chi connectivity index (χ3n) is 5.19. The average molecular weight is 396 g/mol. The SMILES string of the molecule is NC(=O)c1c(-c2ccc(C(F)(F)F)cc2)cccc1-c1ccc2c(c1)CCCN2. The summed E-state index contributed by atoms with van der Waals surface area (Å²) in [7, 11) is 0. The van der Waals surface area contributed by atoms with Crippen molar-refractivity contribution in [3.63, 3.8) is 0 Å². The van der Waals surface area contributed by atoms with Crippen LogP contribution in [0.3, 0.4) is 0 Å². The molecule has 0 atom stereocenters. The number of hydrogen-bond acceptors (Lipinski definition) is 2. The van der Waals surface area contributed by atoms with Crippen LogP contribution in [-0.4, -0.2) is 12.5 Å². The van der Waals surface area contributed by atoms with Crippen molar-refractivity contribution in [2.75, 3.05) is 11.9 Å². The first-order chi connectivity index (χ1) is 13.8. The van der Waals surface area contributed by atoms with E-state index in [4.69, 9.17) is 5.73 Å². The maximum absolute atomic E-state index is 12.9. The van der Waals surface area contributed by atoms with Gasteiger partial charge >= 0.3 is 6.18 Å². The molecule has 0 bridgehead atoms. The molecule has 0 unspecified atom stereocenters. The summed E-state index contributed by atoms with van der Waals surface area (Å²) in [5, 5.41) is 3.35. The number of benzene rings is 3. The molecule has 3 aromatic rings. The molecule has 6 heteroatoms. The Morgan fingerprint density at radius 1 is 0.931 bits per heavy atom. The standard InChI is InChI=1S/C23H19F3N2O/c24-23(25,26)17-9-6-14(7-10-17)18-4-1-5-19(21(18)22(27)29)15-8-11-20-16(13-15)3-2-12-28-20/h1,4-11,13,28H,2-3,12H2,(H2,27,29). The molecule has 0 saturated heterocycles. The number of fused-ring (bicyclic) bond motifs is 1. The number of amides is 1. The van der Waals surface area contributed by atoms with Gasteiger partial charge in [0, 0.05) is 12.2 Å². The van der Waals surface area contributed by atoms with E-state index in [1.54, 1.807) is 12.1 Å². The number of anilines is 1. The molecule has 0 saturated carbocycles. The molecule has 0 aliphatic carbocycles. The van der Waals surface area contributed by atoms with Crippen LogP contribution < -0.4 is 11.1 Å². The van der Waals surface area contributed by atoms with E-state index in [0.717, 1.165) is 42.8 Å². The summed E-state index contributed by atoms with van der Waals surface area (Å²) >= 11 is 0. The van der Waals surface area contributed by atoms with Gasteiger partial charge in [-0.25, -0.2) is 0 Å². The Bertz CT molecular complexity index is 1070. The van der Waals surface area contributed by atoms with Crippen LogP contribution in [0.5, 0.6) is 0 Å². The molecule has 1 aliphatic rings. The van der Waals surface area contributed by atoms with Gasteiger partial charge < -0.3 is 11.1 Å². The summed E-state index contributed by atoms with van der Waals surface area (Å²) in [4.78, 5) is 12.3. The monoisotopic (exact) mass is 396 g/mol. The van der Waals surface area contributed by atoms with E-state index in [1.165, 1.54) is 17.7 Å². The molecule has 0 radical (unpaired) electrons. The van der Waals surface area contributed by atoms with Crippen molar-refractivity contribution >= 4 is 11.6 Å². The van der Waals surface area contributed by atoms with Crippen molar-refractivity contribution in [2.24, 2.45) is 5.73 Å². The quantitative estimate of drug-likeness (QED) is 0.615. The minimum Gasteiger partial charge on any atom is -0.385 e. The highest BCUT2D eigenvalue weighted by atomic mass is 19.4. The number of hydrogen-bond donors (Lipinski definition) is 2. The maximum atomic E-state index is 12.9. The number of carbonyl (C=O) groups excluding carboxylic acids is 1. The van der Waals surface area contributed by atoms with Gasteiger partial charge in [0.2, 0.25) is 5.91 Å². The largest absolute Gasteiger partial charge is 0.416 e. The Kier molecular flexibility index (Phi) is 4.78. The Morgan fingerprint density at radius 3 is 2.24 bits per heavy atom. The fraction of sp³-hybridized carbons (Fsp3) is 0.174. The summed E-state index contributed by atoms with van der Waals surface area (Å²) in [5.74, 6) is -0.619. The smallest absolute Gasteiger partial charge is 0.385 e. The van der Waals surface area contributed by atoms with Crippen LogP contribution in [0, 0.1) is 0 Å². The number of nitrogens with two attached hydrogens (primary N) is 1. The zero-order chi connectivity index (χ0) is 20.6. The topological polar surface area (TPSA) is 55.1 Å². The highest BCUT2D eigenvalue weighted by Gasteiger charge is 2.30. The zero-order valence-corrected chi connectivity index (χ0v) is 15.5. The molecule has 4 rings (SSSR count). The van der Waals surface area contributed by atoms with E-state index in [2.05, 4.69) is 5.32 Å². The lowest BCUT2D eigenvalue weighted by Crippen LogP contribution is -2.15. The predicted octanol–water partition coefficient (Wildman–Crippen LogP) is 5.50. The highest BCUT2D eigenvalue weighted by Crippen LogP contribution is 2.36. The molecule has 1 amide bonds. The number of primary amides is 1. The van der Waals surface area contributed by atoms with E-state index in [9.17, 15) is 18.0 Å². The van der Waals surface area contributed by atoms with Crippen LogP contribution in [0.15, 0.2) is 60.7 Å². The number of rotatable bonds is 3. The van der Waals surface area contributed by atoms with Gasteiger partial charge in [-0.3, -0.25) is 4.79 Å². The lowest BCUT2D eigenvalue weighted by atomic mass is 9.89. The first kappa shape index (κ1) is 19.1. The van der Waals surface area contributed by atoms with Gasteiger partial charge in [0.15, 0.2) is 0 Å². The summed E-state index contributed by atoms with van der Waals surface area (Å²) in [6.45, 7) is 0.933. The van der Waals surface area contributed by atoms with E-state index >= 15 is 0 Å².